The van der Waals surface area contributed by atoms with Gasteiger partial charge < -0.3 is 37.1 Å². The standard InChI is InChI=1S/C33H57N7O7S/c1-10-22(7)28(39-30(42)24-12-15-40(46)16-13-24)33(45)37-26(14-17-48(9)47)31(43)36-25(18-20(3)4)19-35-23(8)29(41)38-27(21(5)6)32(44)34-11-2/h12-13,15-16,20-23,25-28,35H,10-11,14,17-19H2,1-9H3,(H,34,44)(H,36,43)(H,37,45)(H,38,41)(H,39,42)/t22-,23-,25-,26-,27-,28-,48?/m0/s1. The van der Waals surface area contributed by atoms with Crippen LogP contribution in [-0.4, -0.2) is 89.1 Å². The molecule has 14 nitrogen and oxygen atoms in total. The van der Waals surface area contributed by atoms with Gasteiger partial charge in [-0.3, -0.25) is 28.2 Å². The van der Waals surface area contributed by atoms with Crippen molar-refractivity contribution in [3.63, 3.8) is 0 Å². The van der Waals surface area contributed by atoms with Crippen molar-refractivity contribution in [3.8, 4) is 0 Å². The Morgan fingerprint density at radius 2 is 1.46 bits per heavy atom. The van der Waals surface area contributed by atoms with Gasteiger partial charge in [-0.1, -0.05) is 48.0 Å². The number of pyridine rings is 1. The summed E-state index contributed by atoms with van der Waals surface area (Å²) in [6, 6.07) is -1.11. The van der Waals surface area contributed by atoms with Crippen LogP contribution in [0.1, 0.15) is 85.0 Å². The number of rotatable bonds is 21. The zero-order valence-corrected chi connectivity index (χ0v) is 30.7. The molecule has 5 amide bonds. The summed E-state index contributed by atoms with van der Waals surface area (Å²) < 4.78 is 12.5. The molecule has 48 heavy (non-hydrogen) atoms. The van der Waals surface area contributed by atoms with Gasteiger partial charge in [-0.15, -0.1) is 0 Å². The first kappa shape index (κ1) is 42.4. The van der Waals surface area contributed by atoms with Crippen LogP contribution in [0.5, 0.6) is 0 Å². The van der Waals surface area contributed by atoms with E-state index in [1.165, 1.54) is 30.8 Å². The lowest BCUT2D eigenvalue weighted by Gasteiger charge is -2.29. The summed E-state index contributed by atoms with van der Waals surface area (Å²) >= 11 is 0. The Morgan fingerprint density at radius 3 is 1.98 bits per heavy atom. The summed E-state index contributed by atoms with van der Waals surface area (Å²) in [5.41, 5.74) is 0.203. The van der Waals surface area contributed by atoms with E-state index in [4.69, 9.17) is 0 Å². The van der Waals surface area contributed by atoms with Gasteiger partial charge in [0.1, 0.15) is 18.1 Å². The highest BCUT2D eigenvalue weighted by atomic mass is 32.2. The second-order valence-corrected chi connectivity index (χ2v) is 14.6. The molecule has 1 aromatic heterocycles. The van der Waals surface area contributed by atoms with Crippen molar-refractivity contribution in [2.75, 3.05) is 25.1 Å². The van der Waals surface area contributed by atoms with Crippen LogP contribution in [0.2, 0.25) is 0 Å². The molecular weight excluding hydrogens is 638 g/mol. The molecule has 15 heteroatoms. The van der Waals surface area contributed by atoms with E-state index in [0.717, 1.165) is 0 Å². The number of hydrogen-bond donors (Lipinski definition) is 6. The van der Waals surface area contributed by atoms with Crippen LogP contribution in [0.25, 0.3) is 0 Å². The molecule has 0 aromatic carbocycles. The molecule has 0 saturated carbocycles. The van der Waals surface area contributed by atoms with Crippen LogP contribution in [0.4, 0.5) is 0 Å². The average molecular weight is 696 g/mol. The van der Waals surface area contributed by atoms with Gasteiger partial charge in [0.25, 0.3) is 5.91 Å². The molecule has 0 aliphatic rings. The van der Waals surface area contributed by atoms with E-state index in [9.17, 15) is 33.4 Å². The van der Waals surface area contributed by atoms with E-state index in [0.29, 0.717) is 24.1 Å². The van der Waals surface area contributed by atoms with Crippen LogP contribution >= 0.6 is 0 Å². The fourth-order valence-electron chi connectivity index (χ4n) is 4.88. The average Bonchev–Trinajstić information content (AvgIpc) is 3.02. The lowest BCUT2D eigenvalue weighted by atomic mass is 9.97. The van der Waals surface area contributed by atoms with Gasteiger partial charge >= 0.3 is 0 Å². The first-order valence-corrected chi connectivity index (χ1v) is 18.4. The number of carbonyl (C=O) groups is 5. The molecule has 0 aliphatic carbocycles. The van der Waals surface area contributed by atoms with Crippen molar-refractivity contribution in [2.45, 2.75) is 105 Å². The lowest BCUT2D eigenvalue weighted by molar-refractivity contribution is -0.605. The monoisotopic (exact) mass is 695 g/mol. The molecule has 0 fully saturated rings. The fourth-order valence-corrected chi connectivity index (χ4v) is 5.45. The number of likely N-dealkylation sites (N-methyl/N-ethyl adjacent to an activating group) is 1. The van der Waals surface area contributed by atoms with Crippen LogP contribution in [0, 0.1) is 23.0 Å². The number of nitrogens with one attached hydrogen (secondary N) is 6. The molecule has 1 heterocycles. The Labute approximate surface area is 287 Å². The molecule has 0 bridgehead atoms. The molecule has 7 atom stereocenters. The van der Waals surface area contributed by atoms with Crippen molar-refractivity contribution in [1.82, 2.24) is 31.9 Å². The maximum absolute atomic E-state index is 13.7. The summed E-state index contributed by atoms with van der Waals surface area (Å²) in [5, 5.41) is 28.6. The van der Waals surface area contributed by atoms with E-state index < -0.39 is 58.7 Å². The fraction of sp³-hybridized carbons (Fsp3) is 0.697. The molecule has 0 saturated heterocycles. The van der Waals surface area contributed by atoms with Crippen molar-refractivity contribution in [2.24, 2.45) is 17.8 Å². The molecule has 0 spiro atoms. The van der Waals surface area contributed by atoms with Crippen LogP contribution in [0.15, 0.2) is 24.5 Å². The number of amides is 5. The minimum atomic E-state index is -1.24. The lowest BCUT2D eigenvalue weighted by Crippen LogP contribution is -2.58. The second-order valence-electron chi connectivity index (χ2n) is 13.0. The third kappa shape index (κ3) is 15.1. The van der Waals surface area contributed by atoms with Gasteiger partial charge in [0, 0.05) is 54.1 Å². The largest absolute Gasteiger partial charge is 0.619 e. The van der Waals surface area contributed by atoms with E-state index in [1.807, 2.05) is 34.6 Å². The van der Waals surface area contributed by atoms with Gasteiger partial charge in [0.2, 0.25) is 23.6 Å². The summed E-state index contributed by atoms with van der Waals surface area (Å²) in [6.07, 6.45) is 5.09. The first-order chi connectivity index (χ1) is 22.5. The third-order valence-electron chi connectivity index (χ3n) is 7.94. The number of carbonyl (C=O) groups excluding carboxylic acids is 5. The number of aromatic nitrogens is 1. The zero-order chi connectivity index (χ0) is 36.6. The van der Waals surface area contributed by atoms with Gasteiger partial charge in [-0.05, 0) is 44.4 Å². The Hall–Kier alpha value is -3.59. The summed E-state index contributed by atoms with van der Waals surface area (Å²) in [7, 11) is -1.24. The van der Waals surface area contributed by atoms with Gasteiger partial charge in [0.05, 0.1) is 11.6 Å². The number of nitrogens with zero attached hydrogens (tertiary/aromatic N) is 1. The Bertz CT molecular complexity index is 1230. The van der Waals surface area contributed by atoms with Crippen molar-refractivity contribution in [3.05, 3.63) is 35.3 Å². The molecular formula is C33H57N7O7S. The van der Waals surface area contributed by atoms with E-state index >= 15 is 0 Å². The molecule has 6 N–H and O–H groups in total. The molecule has 272 valence electrons. The summed E-state index contributed by atoms with van der Waals surface area (Å²) in [5.74, 6) is -2.28. The van der Waals surface area contributed by atoms with E-state index in [1.54, 1.807) is 20.8 Å². The van der Waals surface area contributed by atoms with E-state index in [2.05, 4.69) is 31.9 Å². The first-order valence-electron chi connectivity index (χ1n) is 16.7. The quantitative estimate of drug-likeness (QED) is 0.0789. The predicted octanol–water partition coefficient (Wildman–Crippen LogP) is 0.504. The SMILES string of the molecule is CCNC(=O)[C@@H](NC(=O)[C@H](C)NC[C@H](CC(C)C)NC(=O)[C@H](CCS(C)=O)NC(=O)[C@@H](NC(=O)c1cc[n+]([O-])cc1)[C@@H](C)CC)C(C)C. The van der Waals surface area contributed by atoms with Crippen molar-refractivity contribution in [1.29, 1.82) is 0 Å². The highest BCUT2D eigenvalue weighted by Crippen LogP contribution is 2.12. The van der Waals surface area contributed by atoms with E-state index in [-0.39, 0.29) is 53.8 Å². The molecule has 1 aromatic rings. The molecule has 1 rings (SSSR count). The van der Waals surface area contributed by atoms with Crippen LogP contribution in [-0.2, 0) is 30.0 Å². The van der Waals surface area contributed by atoms with Crippen molar-refractivity contribution < 1.29 is 32.9 Å². The Morgan fingerprint density at radius 1 is 0.833 bits per heavy atom. The highest BCUT2D eigenvalue weighted by molar-refractivity contribution is 7.84. The topological polar surface area (TPSA) is 202 Å². The van der Waals surface area contributed by atoms with Gasteiger partial charge in [0.15, 0.2) is 12.4 Å². The third-order valence-corrected chi connectivity index (χ3v) is 8.75. The minimum absolute atomic E-state index is 0.0983. The normalized spacial score (nSPS) is 15.7. The minimum Gasteiger partial charge on any atom is -0.619 e. The van der Waals surface area contributed by atoms with Crippen molar-refractivity contribution >= 4 is 40.3 Å². The highest BCUT2D eigenvalue weighted by Gasteiger charge is 2.32. The predicted molar refractivity (Wildman–Crippen MR) is 186 cm³/mol. The number of hydrogen-bond acceptors (Lipinski definition) is 8. The van der Waals surface area contributed by atoms with Crippen LogP contribution in [0.3, 0.4) is 0 Å². The maximum Gasteiger partial charge on any atom is 0.252 e. The maximum atomic E-state index is 13.7. The van der Waals surface area contributed by atoms with Gasteiger partial charge in [-0.2, -0.15) is 4.73 Å². The van der Waals surface area contributed by atoms with Crippen LogP contribution < -0.4 is 36.6 Å². The second kappa shape index (κ2) is 21.4. The molecule has 1 unspecified atom stereocenters. The summed E-state index contributed by atoms with van der Waals surface area (Å²) in [6.45, 7) is 15.5. The Balaban J connectivity index is 3.08. The summed E-state index contributed by atoms with van der Waals surface area (Å²) in [4.78, 5) is 65.6. The zero-order valence-electron chi connectivity index (χ0n) is 29.9. The molecule has 0 aliphatic heterocycles. The Kier molecular flexibility index (Phi) is 18.9. The smallest absolute Gasteiger partial charge is 0.252 e. The van der Waals surface area contributed by atoms with Gasteiger partial charge in [-0.25, -0.2) is 0 Å². The molecule has 0 radical (unpaired) electrons.